The van der Waals surface area contributed by atoms with Crippen LogP contribution in [0.1, 0.15) is 26.5 Å². The molecule has 0 bridgehead atoms. The minimum atomic E-state index is 0.643. The van der Waals surface area contributed by atoms with Crippen molar-refractivity contribution in [3.8, 4) is 0 Å². The van der Waals surface area contributed by atoms with Gasteiger partial charge in [0.1, 0.15) is 5.82 Å². The van der Waals surface area contributed by atoms with Crippen LogP contribution in [-0.4, -0.2) is 18.1 Å². The van der Waals surface area contributed by atoms with Gasteiger partial charge in [0.05, 0.1) is 5.69 Å². The molecule has 1 rings (SSSR count). The van der Waals surface area contributed by atoms with Gasteiger partial charge in [0.2, 0.25) is 0 Å². The fourth-order valence-corrected chi connectivity index (χ4v) is 1.24. The van der Waals surface area contributed by atoms with Gasteiger partial charge in [-0.3, -0.25) is 0 Å². The second-order valence-electron chi connectivity index (χ2n) is 4.07. The number of nitrogens with zero attached hydrogens (tertiary/aromatic N) is 1. The van der Waals surface area contributed by atoms with E-state index in [4.69, 9.17) is 0 Å². The first kappa shape index (κ1) is 12.0. The maximum atomic E-state index is 4.51. The first-order valence-corrected chi connectivity index (χ1v) is 5.63. The van der Waals surface area contributed by atoms with Crippen LogP contribution in [0.3, 0.4) is 0 Å². The van der Waals surface area contributed by atoms with E-state index in [-0.39, 0.29) is 0 Å². The van der Waals surface area contributed by atoms with Crippen LogP contribution in [0.2, 0.25) is 0 Å². The predicted octanol–water partition coefficient (Wildman–Crippen LogP) is 2.26. The summed E-state index contributed by atoms with van der Waals surface area (Å²) in [6.07, 6.45) is 0. The highest BCUT2D eigenvalue weighted by molar-refractivity contribution is 5.35. The third-order valence-corrected chi connectivity index (χ3v) is 2.05. The summed E-state index contributed by atoms with van der Waals surface area (Å²) < 4.78 is 0. The van der Waals surface area contributed by atoms with Gasteiger partial charge in [-0.2, -0.15) is 0 Å². The molecule has 1 aromatic heterocycles. The largest absolute Gasteiger partial charge is 0.370 e. The number of rotatable bonds is 6. The summed E-state index contributed by atoms with van der Waals surface area (Å²) in [4.78, 5) is 4.51. The lowest BCUT2D eigenvalue weighted by molar-refractivity contribution is 0.683. The highest BCUT2D eigenvalue weighted by Gasteiger charge is 1.98. The van der Waals surface area contributed by atoms with E-state index in [0.717, 1.165) is 31.1 Å². The molecule has 0 saturated carbocycles. The second-order valence-corrected chi connectivity index (χ2v) is 4.07. The maximum Gasteiger partial charge on any atom is 0.126 e. The van der Waals surface area contributed by atoms with Crippen molar-refractivity contribution in [1.82, 2.24) is 10.3 Å². The zero-order chi connectivity index (χ0) is 11.1. The Hall–Kier alpha value is -1.09. The van der Waals surface area contributed by atoms with E-state index in [1.807, 2.05) is 18.2 Å². The van der Waals surface area contributed by atoms with E-state index >= 15 is 0 Å². The van der Waals surface area contributed by atoms with E-state index in [0.29, 0.717) is 5.92 Å². The van der Waals surface area contributed by atoms with Crippen molar-refractivity contribution in [3.63, 3.8) is 0 Å². The minimum absolute atomic E-state index is 0.643. The Kier molecular flexibility index (Phi) is 5.12. The summed E-state index contributed by atoms with van der Waals surface area (Å²) in [7, 11) is 0. The Balaban J connectivity index is 2.50. The molecule has 0 aliphatic rings. The lowest BCUT2D eigenvalue weighted by Crippen LogP contribution is -2.14. The van der Waals surface area contributed by atoms with Crippen LogP contribution < -0.4 is 10.6 Å². The molecule has 0 amide bonds. The molecule has 1 aromatic rings. The fourth-order valence-electron chi connectivity index (χ4n) is 1.24. The first-order chi connectivity index (χ1) is 7.22. The second kappa shape index (κ2) is 6.40. The maximum absolute atomic E-state index is 4.51. The Labute approximate surface area is 92.3 Å². The smallest absolute Gasteiger partial charge is 0.126 e. The third kappa shape index (κ3) is 4.79. The zero-order valence-electron chi connectivity index (χ0n) is 9.88. The molecule has 1 heterocycles. The Morgan fingerprint density at radius 2 is 2.13 bits per heavy atom. The normalized spacial score (nSPS) is 10.7. The molecule has 0 aliphatic heterocycles. The number of anilines is 1. The van der Waals surface area contributed by atoms with Crippen molar-refractivity contribution >= 4 is 5.82 Å². The van der Waals surface area contributed by atoms with Gasteiger partial charge in [-0.05, 0) is 24.6 Å². The van der Waals surface area contributed by atoms with Crippen molar-refractivity contribution in [2.75, 3.05) is 18.4 Å². The summed E-state index contributed by atoms with van der Waals surface area (Å²) >= 11 is 0. The van der Waals surface area contributed by atoms with Gasteiger partial charge in [0.15, 0.2) is 0 Å². The van der Waals surface area contributed by atoms with E-state index in [1.54, 1.807) is 0 Å². The molecule has 0 spiro atoms. The van der Waals surface area contributed by atoms with Gasteiger partial charge >= 0.3 is 0 Å². The average Bonchev–Trinajstić information content (AvgIpc) is 2.24. The van der Waals surface area contributed by atoms with Crippen LogP contribution in [0, 0.1) is 5.92 Å². The Morgan fingerprint density at radius 3 is 2.80 bits per heavy atom. The number of pyridine rings is 1. The van der Waals surface area contributed by atoms with Crippen molar-refractivity contribution in [1.29, 1.82) is 0 Å². The third-order valence-electron chi connectivity index (χ3n) is 2.05. The van der Waals surface area contributed by atoms with Gasteiger partial charge in [-0.25, -0.2) is 4.98 Å². The summed E-state index contributed by atoms with van der Waals surface area (Å²) in [5.74, 6) is 1.61. The molecule has 2 N–H and O–H groups in total. The summed E-state index contributed by atoms with van der Waals surface area (Å²) in [5, 5.41) is 6.59. The van der Waals surface area contributed by atoms with Gasteiger partial charge in [0, 0.05) is 13.1 Å². The molecule has 0 aliphatic carbocycles. The van der Waals surface area contributed by atoms with Crippen molar-refractivity contribution in [3.05, 3.63) is 23.9 Å². The van der Waals surface area contributed by atoms with Crippen molar-refractivity contribution in [2.24, 2.45) is 5.92 Å². The van der Waals surface area contributed by atoms with Crippen molar-refractivity contribution in [2.45, 2.75) is 27.3 Å². The molecular weight excluding hydrogens is 186 g/mol. The number of nitrogens with one attached hydrogen (secondary N) is 2. The SMILES string of the molecule is CCNCc1cccc(NCC(C)C)n1. The fraction of sp³-hybridized carbons (Fsp3) is 0.583. The van der Waals surface area contributed by atoms with Gasteiger partial charge in [-0.1, -0.05) is 26.8 Å². The van der Waals surface area contributed by atoms with E-state index < -0.39 is 0 Å². The molecule has 15 heavy (non-hydrogen) atoms. The standard InChI is InChI=1S/C12H21N3/c1-4-13-9-11-6-5-7-12(15-11)14-8-10(2)3/h5-7,10,13H,4,8-9H2,1-3H3,(H,14,15). The molecule has 0 radical (unpaired) electrons. The molecule has 0 aromatic carbocycles. The number of hydrogen-bond donors (Lipinski definition) is 2. The molecule has 3 nitrogen and oxygen atoms in total. The van der Waals surface area contributed by atoms with Crippen LogP contribution in [0.4, 0.5) is 5.82 Å². The first-order valence-electron chi connectivity index (χ1n) is 5.63. The van der Waals surface area contributed by atoms with Crippen LogP contribution in [0.25, 0.3) is 0 Å². The lowest BCUT2D eigenvalue weighted by Gasteiger charge is -2.09. The lowest BCUT2D eigenvalue weighted by atomic mass is 10.2. The van der Waals surface area contributed by atoms with Gasteiger partial charge < -0.3 is 10.6 Å². The molecular formula is C12H21N3. The molecule has 84 valence electrons. The molecule has 3 heteroatoms. The summed E-state index contributed by atoms with van der Waals surface area (Å²) in [6, 6.07) is 6.10. The quantitative estimate of drug-likeness (QED) is 0.751. The summed E-state index contributed by atoms with van der Waals surface area (Å²) in [5.41, 5.74) is 1.09. The van der Waals surface area contributed by atoms with Crippen molar-refractivity contribution < 1.29 is 0 Å². The van der Waals surface area contributed by atoms with E-state index in [1.165, 1.54) is 0 Å². The average molecular weight is 207 g/mol. The van der Waals surface area contributed by atoms with Crippen LogP contribution >= 0.6 is 0 Å². The van der Waals surface area contributed by atoms with Crippen LogP contribution in [0.5, 0.6) is 0 Å². The highest BCUT2D eigenvalue weighted by atomic mass is 15.0. The van der Waals surface area contributed by atoms with E-state index in [2.05, 4.69) is 36.4 Å². The highest BCUT2D eigenvalue weighted by Crippen LogP contribution is 2.05. The van der Waals surface area contributed by atoms with E-state index in [9.17, 15) is 0 Å². The predicted molar refractivity (Wildman–Crippen MR) is 64.9 cm³/mol. The minimum Gasteiger partial charge on any atom is -0.370 e. The Morgan fingerprint density at radius 1 is 1.33 bits per heavy atom. The monoisotopic (exact) mass is 207 g/mol. The van der Waals surface area contributed by atoms with Crippen LogP contribution in [-0.2, 0) is 6.54 Å². The number of hydrogen-bond acceptors (Lipinski definition) is 3. The number of aromatic nitrogens is 1. The Bertz CT molecular complexity index is 284. The van der Waals surface area contributed by atoms with Gasteiger partial charge in [0.25, 0.3) is 0 Å². The molecule has 0 atom stereocenters. The van der Waals surface area contributed by atoms with Gasteiger partial charge in [-0.15, -0.1) is 0 Å². The topological polar surface area (TPSA) is 37.0 Å². The molecule has 0 unspecified atom stereocenters. The zero-order valence-corrected chi connectivity index (χ0v) is 9.88. The molecule has 0 saturated heterocycles. The summed E-state index contributed by atoms with van der Waals surface area (Å²) in [6.45, 7) is 9.27. The van der Waals surface area contributed by atoms with Crippen LogP contribution in [0.15, 0.2) is 18.2 Å². The molecule has 0 fully saturated rings.